The Labute approximate surface area is 542 Å². The largest absolute Gasteiger partial charge is 0.495 e. The topological polar surface area (TPSA) is 295 Å². The summed E-state index contributed by atoms with van der Waals surface area (Å²) in [4.78, 5) is 35.1. The standard InChI is InChI=1S/C25H21FN8O2.C21H11F5N6.C19H16N8O2/c1-36-16-12-20-25(29-13-16)19(8-9-27-20)28-14-23-31-30-22-7-5-18(32-34(22)23)15-4-6-21(17(26)11-15)33-10-2-3-24(33)35;22-11-7-12(23)20-16(3-4-27-17(20)8-11)28-9-19-30-29-18-2-1-15(31-32(18)19)10-5-13(24)21(26)14(25)6-10;1-11-7-16(29-26-11)13-3-4-17-23-24-18(27(17)25-13)10-21-14-5-6-20-15-8-12(28-2)9-22-19(14)15/h4-9,11-13H,2-3,10,14H2,1H3,(H,27,28);1-8H,9H2,(H,27,28);3-9H,10H2,1-2H3,(H,20,21). The zero-order chi connectivity index (χ0) is 66.8. The summed E-state index contributed by atoms with van der Waals surface area (Å²) in [6.45, 7) is 3.17. The predicted octanol–water partition coefficient (Wildman–Crippen LogP) is 10.9. The summed E-state index contributed by atoms with van der Waals surface area (Å²) in [5, 5.41) is 52.1. The van der Waals surface area contributed by atoms with Crippen molar-refractivity contribution >= 4 is 78.6 Å². The van der Waals surface area contributed by atoms with Crippen LogP contribution in [0.2, 0.25) is 0 Å². The Morgan fingerprint density at radius 2 is 1.01 bits per heavy atom. The molecule has 16 rings (SSSR count). The van der Waals surface area contributed by atoms with E-state index in [-0.39, 0.29) is 34.6 Å². The molecule has 32 heteroatoms. The van der Waals surface area contributed by atoms with E-state index in [0.717, 1.165) is 58.8 Å². The maximum Gasteiger partial charge on any atom is 0.227 e. The molecule has 3 aromatic carbocycles. The Hall–Kier alpha value is -12.9. The molecule has 1 aliphatic rings. The van der Waals surface area contributed by atoms with Gasteiger partial charge in [-0.2, -0.15) is 28.8 Å². The minimum absolute atomic E-state index is 0.0279. The molecule has 0 saturated carbocycles. The third-order valence-electron chi connectivity index (χ3n) is 15.4. The van der Waals surface area contributed by atoms with E-state index < -0.39 is 34.9 Å². The summed E-state index contributed by atoms with van der Waals surface area (Å²) in [5.41, 5.74) is 9.63. The summed E-state index contributed by atoms with van der Waals surface area (Å²) in [6.07, 6.45) is 9.30. The molecule has 0 bridgehead atoms. The summed E-state index contributed by atoms with van der Waals surface area (Å²) in [5.74, 6) is -2.87. The van der Waals surface area contributed by atoms with E-state index in [0.29, 0.717) is 117 Å². The van der Waals surface area contributed by atoms with E-state index in [4.69, 9.17) is 14.0 Å². The van der Waals surface area contributed by atoms with Crippen molar-refractivity contribution in [2.75, 3.05) is 41.6 Å². The maximum absolute atomic E-state index is 14.9. The highest BCUT2D eigenvalue weighted by Gasteiger charge is 2.25. The van der Waals surface area contributed by atoms with Gasteiger partial charge in [-0.15, -0.1) is 30.6 Å². The number of methoxy groups -OCH3 is 2. The second-order valence-electron chi connectivity index (χ2n) is 21.6. The molecule has 15 aromatic rings. The zero-order valence-electron chi connectivity index (χ0n) is 51.0. The van der Waals surface area contributed by atoms with Gasteiger partial charge in [0.05, 0.1) is 102 Å². The van der Waals surface area contributed by atoms with Crippen molar-refractivity contribution in [1.29, 1.82) is 0 Å². The highest BCUT2D eigenvalue weighted by Crippen LogP contribution is 2.32. The predicted molar refractivity (Wildman–Crippen MR) is 341 cm³/mol. The normalized spacial score (nSPS) is 12.2. The number of amides is 1. The Morgan fingerprint density at radius 3 is 1.53 bits per heavy atom. The van der Waals surface area contributed by atoms with Crippen LogP contribution in [-0.2, 0) is 24.4 Å². The van der Waals surface area contributed by atoms with Crippen molar-refractivity contribution < 1.29 is 45.1 Å². The highest BCUT2D eigenvalue weighted by molar-refractivity contribution is 5.96. The molecular formula is C65H48F6N22O4. The molecule has 3 N–H and O–H groups in total. The first kappa shape index (κ1) is 61.6. The Morgan fingerprint density at radius 1 is 0.505 bits per heavy atom. The molecule has 1 amide bonds. The SMILES string of the molecule is COc1cnc2c(NCc3nnc4ccc(-c5cc(C)no5)nn34)ccnc2c1.COc1cnc2c(NCc3nnc4ccc(-c5ccc(N6CCCC6=O)c(F)c5)nn34)ccnc2c1.Fc1cc(F)c2c(NCc3nnc4ccc(-c5cc(F)c(F)c(F)c5)nn34)ccnc2c1. The Balaban J connectivity index is 0.000000125. The number of aromatic nitrogens is 18. The fourth-order valence-corrected chi connectivity index (χ4v) is 10.7. The fraction of sp³-hybridized carbons (Fsp3) is 0.138. The highest BCUT2D eigenvalue weighted by atomic mass is 19.2. The van der Waals surface area contributed by atoms with E-state index in [2.05, 4.69) is 91.9 Å². The molecule has 26 nitrogen and oxygen atoms in total. The van der Waals surface area contributed by atoms with Crippen molar-refractivity contribution in [3.05, 3.63) is 204 Å². The van der Waals surface area contributed by atoms with E-state index in [1.54, 1.807) is 72.3 Å². The molecule has 484 valence electrons. The number of hydrogen-bond donors (Lipinski definition) is 3. The van der Waals surface area contributed by atoms with Crippen molar-refractivity contribution in [3.63, 3.8) is 0 Å². The van der Waals surface area contributed by atoms with Crippen LogP contribution < -0.4 is 30.3 Å². The molecule has 0 radical (unpaired) electrons. The number of anilines is 4. The lowest BCUT2D eigenvalue weighted by atomic mass is 10.1. The molecule has 13 heterocycles. The number of carbonyl (C=O) groups excluding carboxylic acids is 1. The van der Waals surface area contributed by atoms with Gasteiger partial charge in [-0.1, -0.05) is 11.2 Å². The van der Waals surface area contributed by atoms with Crippen LogP contribution in [0.25, 0.3) is 83.9 Å². The number of pyridine rings is 5. The summed E-state index contributed by atoms with van der Waals surface area (Å²) < 4.78 is 104. The molecule has 12 aromatic heterocycles. The van der Waals surface area contributed by atoms with Gasteiger partial charge < -0.3 is 34.8 Å². The van der Waals surface area contributed by atoms with Crippen molar-refractivity contribution in [1.82, 2.24) is 89.5 Å². The van der Waals surface area contributed by atoms with E-state index >= 15 is 0 Å². The molecule has 1 aliphatic heterocycles. The van der Waals surface area contributed by atoms with Gasteiger partial charge in [-0.3, -0.25) is 19.7 Å². The number of ether oxygens (including phenoxy) is 2. The molecule has 0 spiro atoms. The third-order valence-corrected chi connectivity index (χ3v) is 15.4. The second-order valence-corrected chi connectivity index (χ2v) is 21.6. The number of rotatable bonds is 15. The third kappa shape index (κ3) is 12.6. The number of aryl methyl sites for hydroxylation is 1. The van der Waals surface area contributed by atoms with Gasteiger partial charge in [0.15, 0.2) is 57.6 Å². The summed E-state index contributed by atoms with van der Waals surface area (Å²) >= 11 is 0. The number of fused-ring (bicyclic) bond motifs is 6. The first-order chi connectivity index (χ1) is 47.2. The number of nitrogens with one attached hydrogen (secondary N) is 3. The Kier molecular flexibility index (Phi) is 16.7. The van der Waals surface area contributed by atoms with Crippen molar-refractivity contribution in [2.45, 2.75) is 39.4 Å². The van der Waals surface area contributed by atoms with Crippen LogP contribution in [0.1, 0.15) is 36.0 Å². The van der Waals surface area contributed by atoms with Crippen LogP contribution in [-0.4, -0.2) is 116 Å². The molecule has 1 fully saturated rings. The van der Waals surface area contributed by atoms with Gasteiger partial charge in [0, 0.05) is 78.7 Å². The average molecular weight is 1320 g/mol. The van der Waals surface area contributed by atoms with Gasteiger partial charge in [0.25, 0.3) is 0 Å². The fourth-order valence-electron chi connectivity index (χ4n) is 10.7. The van der Waals surface area contributed by atoms with Crippen LogP contribution in [0.3, 0.4) is 0 Å². The minimum atomic E-state index is -1.57. The monoisotopic (exact) mass is 1310 g/mol. The molecule has 97 heavy (non-hydrogen) atoms. The van der Waals surface area contributed by atoms with Crippen LogP contribution in [0.5, 0.6) is 11.5 Å². The number of nitrogens with zero attached hydrogens (tertiary/aromatic N) is 19. The first-order valence-electron chi connectivity index (χ1n) is 29.6. The van der Waals surface area contributed by atoms with Gasteiger partial charge in [0.2, 0.25) is 5.91 Å². The second kappa shape index (κ2) is 26.2. The lowest BCUT2D eigenvalue weighted by Crippen LogP contribution is -2.24. The van der Waals surface area contributed by atoms with Crippen molar-refractivity contribution in [3.8, 4) is 45.5 Å². The lowest BCUT2D eigenvalue weighted by Gasteiger charge is -2.17. The first-order valence-corrected chi connectivity index (χ1v) is 29.6. The number of halogens is 6. The van der Waals surface area contributed by atoms with Crippen LogP contribution in [0, 0.1) is 41.8 Å². The minimum Gasteiger partial charge on any atom is -0.495 e. The van der Waals surface area contributed by atoms with Crippen LogP contribution in [0.4, 0.5) is 49.1 Å². The summed E-state index contributed by atoms with van der Waals surface area (Å²) in [6, 6.07) is 29.3. The maximum atomic E-state index is 14.9. The smallest absolute Gasteiger partial charge is 0.227 e. The van der Waals surface area contributed by atoms with E-state index in [1.165, 1.54) is 39.9 Å². The molecule has 0 atom stereocenters. The number of benzene rings is 3. The zero-order valence-corrected chi connectivity index (χ0v) is 51.0. The molecule has 1 saturated heterocycles. The van der Waals surface area contributed by atoms with Gasteiger partial charge in [0.1, 0.15) is 45.7 Å². The number of carbonyl (C=O) groups is 1. The quantitative estimate of drug-likeness (QED) is 0.0635. The molecule has 0 unspecified atom stereocenters. The Bertz CT molecular complexity index is 5500. The summed E-state index contributed by atoms with van der Waals surface area (Å²) in [7, 11) is 3.18. The number of hydrogen-bond acceptors (Lipinski definition) is 22. The van der Waals surface area contributed by atoms with Gasteiger partial charge >= 0.3 is 0 Å². The van der Waals surface area contributed by atoms with Crippen LogP contribution in [0.15, 0.2) is 151 Å². The average Bonchev–Trinajstić information content (AvgIpc) is 1.73. The molecular weight excluding hydrogens is 1270 g/mol. The van der Waals surface area contributed by atoms with Crippen LogP contribution >= 0.6 is 0 Å². The van der Waals surface area contributed by atoms with Gasteiger partial charge in [-0.05, 0) is 92.2 Å². The molecule has 0 aliphatic carbocycles. The van der Waals surface area contributed by atoms with Gasteiger partial charge in [-0.25, -0.2) is 36.3 Å². The van der Waals surface area contributed by atoms with Crippen molar-refractivity contribution in [2.24, 2.45) is 0 Å². The van der Waals surface area contributed by atoms with E-state index in [1.807, 2.05) is 49.4 Å². The lowest BCUT2D eigenvalue weighted by molar-refractivity contribution is -0.117. The van der Waals surface area contributed by atoms with E-state index in [9.17, 15) is 31.1 Å².